The number of halogens is 1. The molecule has 0 aliphatic rings. The predicted molar refractivity (Wildman–Crippen MR) is 99.0 cm³/mol. The van der Waals surface area contributed by atoms with Crippen LogP contribution in [0.5, 0.6) is 5.75 Å². The average molecular weight is 397 g/mol. The van der Waals surface area contributed by atoms with Crippen LogP contribution in [0.25, 0.3) is 33.4 Å². The van der Waals surface area contributed by atoms with E-state index in [-0.39, 0.29) is 5.95 Å². The Kier molecular flexibility index (Phi) is 3.81. The Morgan fingerprint density at radius 1 is 1.12 bits per heavy atom. The van der Waals surface area contributed by atoms with Crippen molar-refractivity contribution in [3.05, 3.63) is 47.3 Å². The van der Waals surface area contributed by atoms with E-state index >= 15 is 0 Å². The highest BCUT2D eigenvalue weighted by molar-refractivity contribution is 9.10. The van der Waals surface area contributed by atoms with Crippen molar-refractivity contribution in [1.29, 1.82) is 0 Å². The Morgan fingerprint density at radius 3 is 2.80 bits per heavy atom. The van der Waals surface area contributed by atoms with E-state index in [0.717, 1.165) is 32.3 Å². The molecule has 0 unspecified atom stereocenters. The van der Waals surface area contributed by atoms with Crippen molar-refractivity contribution in [2.45, 2.75) is 0 Å². The number of nitrogens with one attached hydrogen (secondary N) is 1. The maximum atomic E-state index is 5.80. The molecule has 0 amide bonds. The lowest BCUT2D eigenvalue weighted by Gasteiger charge is -2.08. The highest BCUT2D eigenvalue weighted by atomic mass is 79.9. The topological polar surface area (TPSA) is 103 Å². The molecule has 0 spiro atoms. The minimum atomic E-state index is 0.110. The van der Waals surface area contributed by atoms with Gasteiger partial charge in [0.2, 0.25) is 5.95 Å². The van der Waals surface area contributed by atoms with E-state index in [2.05, 4.69) is 41.1 Å². The van der Waals surface area contributed by atoms with E-state index in [1.54, 1.807) is 19.5 Å². The summed E-state index contributed by atoms with van der Waals surface area (Å²) in [7, 11) is 1.64. The summed E-state index contributed by atoms with van der Waals surface area (Å²) >= 11 is 3.43. The molecule has 4 aromatic rings. The van der Waals surface area contributed by atoms with Crippen LogP contribution in [0.1, 0.15) is 0 Å². The van der Waals surface area contributed by atoms with E-state index < -0.39 is 0 Å². The molecule has 8 heteroatoms. The summed E-state index contributed by atoms with van der Waals surface area (Å²) in [4.78, 5) is 11.9. The molecule has 0 aliphatic carbocycles. The summed E-state index contributed by atoms with van der Waals surface area (Å²) in [6.07, 6.45) is 5.30. The molecule has 0 fully saturated rings. The number of hydrogen-bond acceptors (Lipinski definition) is 6. The number of anilines is 1. The number of methoxy groups -OCH3 is 1. The van der Waals surface area contributed by atoms with Crippen molar-refractivity contribution < 1.29 is 4.74 Å². The minimum absolute atomic E-state index is 0.110. The van der Waals surface area contributed by atoms with Crippen molar-refractivity contribution in [3.63, 3.8) is 0 Å². The van der Waals surface area contributed by atoms with Gasteiger partial charge in [-0.3, -0.25) is 4.98 Å². The Hall–Kier alpha value is -3.00. The van der Waals surface area contributed by atoms with Gasteiger partial charge in [-0.2, -0.15) is 0 Å². The predicted octanol–water partition coefficient (Wildman–Crippen LogP) is 3.44. The number of aromatic amines is 1. The fraction of sp³-hybridized carbons (Fsp3) is 0.0588. The van der Waals surface area contributed by atoms with Crippen LogP contribution >= 0.6 is 15.9 Å². The molecule has 3 heterocycles. The molecule has 7 nitrogen and oxygen atoms in total. The van der Waals surface area contributed by atoms with Crippen LogP contribution in [0.15, 0.2) is 47.3 Å². The van der Waals surface area contributed by atoms with Crippen LogP contribution in [-0.2, 0) is 0 Å². The molecule has 0 saturated heterocycles. The van der Waals surface area contributed by atoms with Crippen molar-refractivity contribution in [3.8, 4) is 28.3 Å². The quantitative estimate of drug-likeness (QED) is 0.549. The highest BCUT2D eigenvalue weighted by Gasteiger charge is 2.17. The fourth-order valence-electron chi connectivity index (χ4n) is 2.68. The van der Waals surface area contributed by atoms with E-state index in [1.807, 2.05) is 30.5 Å². The number of ether oxygens (including phenoxy) is 1. The van der Waals surface area contributed by atoms with Crippen molar-refractivity contribution in [2.75, 3.05) is 12.8 Å². The van der Waals surface area contributed by atoms with Gasteiger partial charge in [0.1, 0.15) is 17.1 Å². The second-order valence-electron chi connectivity index (χ2n) is 5.37. The largest absolute Gasteiger partial charge is 0.497 e. The van der Waals surface area contributed by atoms with Gasteiger partial charge in [-0.15, -0.1) is 10.2 Å². The zero-order valence-electron chi connectivity index (χ0n) is 13.2. The summed E-state index contributed by atoms with van der Waals surface area (Å²) in [5.74, 6) is 0.868. The number of benzene rings is 1. The van der Waals surface area contributed by atoms with E-state index in [9.17, 15) is 0 Å². The molecule has 0 saturated carbocycles. The van der Waals surface area contributed by atoms with Crippen LogP contribution in [0.4, 0.5) is 5.95 Å². The minimum Gasteiger partial charge on any atom is -0.497 e. The van der Waals surface area contributed by atoms with Gasteiger partial charge in [0, 0.05) is 45.1 Å². The molecule has 124 valence electrons. The molecule has 25 heavy (non-hydrogen) atoms. The lowest BCUT2D eigenvalue weighted by molar-refractivity contribution is 0.415. The van der Waals surface area contributed by atoms with Crippen LogP contribution in [0, 0.1) is 0 Å². The van der Waals surface area contributed by atoms with E-state index in [0.29, 0.717) is 11.4 Å². The highest BCUT2D eigenvalue weighted by Crippen LogP contribution is 2.35. The lowest BCUT2D eigenvalue weighted by Crippen LogP contribution is -2.02. The first-order valence-corrected chi connectivity index (χ1v) is 8.21. The monoisotopic (exact) mass is 396 g/mol. The molecule has 0 aliphatic heterocycles. The number of nitrogen functional groups attached to an aromatic ring is 1. The summed E-state index contributed by atoms with van der Waals surface area (Å²) in [5.41, 5.74) is 9.66. The number of hydrogen-bond donors (Lipinski definition) is 2. The third kappa shape index (κ3) is 2.80. The molecule has 0 radical (unpaired) electrons. The second kappa shape index (κ2) is 6.14. The van der Waals surface area contributed by atoms with Gasteiger partial charge in [-0.1, -0.05) is 0 Å². The molecule has 3 aromatic heterocycles. The van der Waals surface area contributed by atoms with Gasteiger partial charge in [0.05, 0.1) is 7.11 Å². The summed E-state index contributed by atoms with van der Waals surface area (Å²) < 4.78 is 6.18. The first-order valence-electron chi connectivity index (χ1n) is 7.42. The van der Waals surface area contributed by atoms with Gasteiger partial charge >= 0.3 is 0 Å². The first-order chi connectivity index (χ1) is 12.2. The third-order valence-corrected chi connectivity index (χ3v) is 4.26. The molecule has 1 aromatic carbocycles. The normalized spacial score (nSPS) is 11.0. The number of nitrogens with zero attached hydrogens (tertiary/aromatic N) is 4. The van der Waals surface area contributed by atoms with Gasteiger partial charge in [-0.05, 0) is 40.2 Å². The van der Waals surface area contributed by atoms with Crippen LogP contribution in [0.3, 0.4) is 0 Å². The summed E-state index contributed by atoms with van der Waals surface area (Å²) in [6.45, 7) is 0. The Morgan fingerprint density at radius 2 is 2.00 bits per heavy atom. The summed E-state index contributed by atoms with van der Waals surface area (Å²) in [6, 6.07) is 7.71. The van der Waals surface area contributed by atoms with Crippen LogP contribution in [0.2, 0.25) is 0 Å². The number of pyridine rings is 1. The van der Waals surface area contributed by atoms with Gasteiger partial charge in [-0.25, -0.2) is 4.98 Å². The smallest absolute Gasteiger partial charge is 0.240 e. The lowest BCUT2D eigenvalue weighted by atomic mass is 10.0. The Bertz CT molecular complexity index is 1080. The van der Waals surface area contributed by atoms with E-state index in [1.165, 1.54) is 0 Å². The number of H-pyrrole nitrogens is 1. The number of nitrogens with two attached hydrogens (primary N) is 1. The zero-order chi connectivity index (χ0) is 17.4. The molecular weight excluding hydrogens is 384 g/mol. The molecule has 0 atom stereocenters. The summed E-state index contributed by atoms with van der Waals surface area (Å²) in [5, 5.41) is 9.12. The second-order valence-corrected chi connectivity index (χ2v) is 6.29. The Labute approximate surface area is 151 Å². The molecule has 3 N–H and O–H groups in total. The maximum Gasteiger partial charge on any atom is 0.240 e. The maximum absolute atomic E-state index is 5.80. The average Bonchev–Trinajstić information content (AvgIpc) is 3.04. The first kappa shape index (κ1) is 15.5. The van der Waals surface area contributed by atoms with Crippen molar-refractivity contribution in [1.82, 2.24) is 25.1 Å². The number of aromatic nitrogens is 5. The van der Waals surface area contributed by atoms with Crippen molar-refractivity contribution in [2.24, 2.45) is 0 Å². The number of fused-ring (bicyclic) bond motifs is 1. The third-order valence-electron chi connectivity index (χ3n) is 3.83. The molecule has 0 bridgehead atoms. The van der Waals surface area contributed by atoms with Crippen LogP contribution in [-0.4, -0.2) is 32.3 Å². The zero-order valence-corrected chi connectivity index (χ0v) is 14.8. The Balaban J connectivity index is 1.98. The van der Waals surface area contributed by atoms with Gasteiger partial charge in [0.15, 0.2) is 0 Å². The fourth-order valence-corrected chi connectivity index (χ4v) is 3.05. The van der Waals surface area contributed by atoms with Crippen molar-refractivity contribution >= 4 is 32.8 Å². The standard InChI is InChI=1S/C17H13BrN6O/c1-25-11-2-3-14-12(5-11)13(8-21-14)16-15(23-24-17(19)22-16)9-4-10(18)7-20-6-9/h2-8,21H,1H3,(H2,19,22,24). The molecule has 4 rings (SSSR count). The van der Waals surface area contributed by atoms with Crippen LogP contribution < -0.4 is 10.5 Å². The SMILES string of the molecule is COc1ccc2[nH]cc(-c3nc(N)nnc3-c3cncc(Br)c3)c2c1. The van der Waals surface area contributed by atoms with E-state index in [4.69, 9.17) is 10.5 Å². The van der Waals surface area contributed by atoms with Gasteiger partial charge < -0.3 is 15.5 Å². The van der Waals surface area contributed by atoms with Gasteiger partial charge in [0.25, 0.3) is 0 Å². The molecular formula is C17H13BrN6O. The number of rotatable bonds is 3.